The minimum Gasteiger partial charge on any atom is -0.480 e. The molecular formula is C24H34N4O3. The molecule has 1 amide bonds. The topological polar surface area (TPSA) is 104 Å². The Morgan fingerprint density at radius 2 is 1.74 bits per heavy atom. The Kier molecular flexibility index (Phi) is 8.14. The average molecular weight is 427 g/mol. The number of carboxylic acid groups (broad SMARTS) is 1. The summed E-state index contributed by atoms with van der Waals surface area (Å²) in [4.78, 5) is 33.2. The molecule has 0 spiro atoms. The van der Waals surface area contributed by atoms with Crippen molar-refractivity contribution in [1.82, 2.24) is 15.3 Å². The third-order valence-electron chi connectivity index (χ3n) is 4.93. The second-order valence-electron chi connectivity index (χ2n) is 9.24. The number of carbonyl (C=O) groups is 2. The van der Waals surface area contributed by atoms with E-state index in [2.05, 4.69) is 51.8 Å². The smallest absolute Gasteiger partial charge is 0.326 e. The van der Waals surface area contributed by atoms with E-state index in [-0.39, 0.29) is 5.41 Å². The van der Waals surface area contributed by atoms with Gasteiger partial charge in [0.15, 0.2) is 0 Å². The lowest BCUT2D eigenvalue weighted by molar-refractivity contribution is -0.140. The van der Waals surface area contributed by atoms with Crippen molar-refractivity contribution in [2.75, 3.05) is 11.9 Å². The summed E-state index contributed by atoms with van der Waals surface area (Å²) in [6.45, 7) is 12.1. The summed E-state index contributed by atoms with van der Waals surface area (Å²) < 4.78 is 0. The number of anilines is 1. The fourth-order valence-corrected chi connectivity index (χ4v) is 3.53. The van der Waals surface area contributed by atoms with Crippen molar-refractivity contribution in [3.8, 4) is 0 Å². The van der Waals surface area contributed by atoms with Crippen LogP contribution in [0.5, 0.6) is 0 Å². The van der Waals surface area contributed by atoms with Crippen LogP contribution in [0.4, 0.5) is 5.95 Å². The molecular weight excluding hydrogens is 392 g/mol. The molecule has 1 heterocycles. The third-order valence-corrected chi connectivity index (χ3v) is 4.93. The molecule has 0 aliphatic rings. The summed E-state index contributed by atoms with van der Waals surface area (Å²) in [7, 11) is 0. The van der Waals surface area contributed by atoms with Crippen LogP contribution < -0.4 is 10.6 Å². The number of carboxylic acids is 1. The minimum absolute atomic E-state index is 0.233. The van der Waals surface area contributed by atoms with Gasteiger partial charge in [0.05, 0.1) is 17.0 Å². The van der Waals surface area contributed by atoms with E-state index in [9.17, 15) is 14.7 Å². The molecule has 0 aliphatic heterocycles. The minimum atomic E-state index is -1.05. The number of benzene rings is 1. The van der Waals surface area contributed by atoms with Crippen LogP contribution in [-0.4, -0.2) is 39.5 Å². The molecule has 2 aromatic rings. The third kappa shape index (κ3) is 7.66. The predicted molar refractivity (Wildman–Crippen MR) is 122 cm³/mol. The zero-order chi connectivity index (χ0) is 23.2. The maximum Gasteiger partial charge on any atom is 0.326 e. The molecule has 0 radical (unpaired) electrons. The van der Waals surface area contributed by atoms with Gasteiger partial charge in [-0.05, 0) is 51.0 Å². The van der Waals surface area contributed by atoms with Crippen LogP contribution in [-0.2, 0) is 11.2 Å². The van der Waals surface area contributed by atoms with E-state index in [1.54, 1.807) is 13.8 Å². The zero-order valence-electron chi connectivity index (χ0n) is 19.4. The molecule has 168 valence electrons. The fourth-order valence-electron chi connectivity index (χ4n) is 3.53. The van der Waals surface area contributed by atoms with Gasteiger partial charge >= 0.3 is 5.97 Å². The van der Waals surface area contributed by atoms with Gasteiger partial charge in [-0.3, -0.25) is 4.79 Å². The quantitative estimate of drug-likeness (QED) is 0.522. The highest BCUT2D eigenvalue weighted by atomic mass is 16.4. The average Bonchev–Trinajstić information content (AvgIpc) is 2.63. The van der Waals surface area contributed by atoms with Gasteiger partial charge in [-0.15, -0.1) is 0 Å². The van der Waals surface area contributed by atoms with Gasteiger partial charge in [0.2, 0.25) is 5.95 Å². The lowest BCUT2D eigenvalue weighted by Gasteiger charge is -2.24. The van der Waals surface area contributed by atoms with Crippen LogP contribution in [0.3, 0.4) is 0 Å². The number of aliphatic carboxylic acids is 1. The molecule has 1 aromatic heterocycles. The number of aryl methyl sites for hydroxylation is 4. The highest BCUT2D eigenvalue weighted by Gasteiger charge is 2.28. The van der Waals surface area contributed by atoms with Crippen LogP contribution in [0, 0.1) is 26.2 Å². The Bertz CT molecular complexity index is 912. The first-order valence-electron chi connectivity index (χ1n) is 10.6. The summed E-state index contributed by atoms with van der Waals surface area (Å²) >= 11 is 0. The van der Waals surface area contributed by atoms with Crippen molar-refractivity contribution in [1.29, 1.82) is 0 Å². The molecule has 1 atom stereocenters. The summed E-state index contributed by atoms with van der Waals surface area (Å²) in [5.41, 5.74) is 3.68. The highest BCUT2D eigenvalue weighted by Crippen LogP contribution is 2.22. The van der Waals surface area contributed by atoms with Crippen molar-refractivity contribution < 1.29 is 14.7 Å². The number of amides is 1. The van der Waals surface area contributed by atoms with Crippen molar-refractivity contribution in [3.63, 3.8) is 0 Å². The van der Waals surface area contributed by atoms with E-state index >= 15 is 0 Å². The molecule has 2 rings (SSSR count). The standard InChI is InChI=1S/C24H34N4O3/c1-15-9-7-10-18(13-15)11-8-12-25-23-26-16(2)20(17(3)27-23)21(29)28-19(22(30)31)14-24(4,5)6/h7,9-10,13,19H,8,11-12,14H2,1-6H3,(H,28,29)(H,30,31)(H,25,26,27)/t19-/m0/s1. The Morgan fingerprint density at radius 3 is 2.29 bits per heavy atom. The maximum atomic E-state index is 12.8. The van der Waals surface area contributed by atoms with Crippen molar-refractivity contribution >= 4 is 17.8 Å². The van der Waals surface area contributed by atoms with Crippen molar-refractivity contribution in [3.05, 3.63) is 52.3 Å². The first kappa shape index (κ1) is 24.3. The van der Waals surface area contributed by atoms with Crippen LogP contribution in [0.1, 0.15) is 66.5 Å². The molecule has 0 bridgehead atoms. The number of aromatic nitrogens is 2. The lowest BCUT2D eigenvalue weighted by atomic mass is 9.88. The molecule has 7 heteroatoms. The van der Waals surface area contributed by atoms with E-state index in [4.69, 9.17) is 0 Å². The lowest BCUT2D eigenvalue weighted by Crippen LogP contribution is -2.43. The van der Waals surface area contributed by atoms with Gasteiger partial charge in [0.1, 0.15) is 6.04 Å². The number of carbonyl (C=O) groups excluding carboxylic acids is 1. The van der Waals surface area contributed by atoms with E-state index in [0.29, 0.717) is 35.9 Å². The Balaban J connectivity index is 2.00. The summed E-state index contributed by atoms with van der Waals surface area (Å²) in [5.74, 6) is -1.04. The van der Waals surface area contributed by atoms with Crippen LogP contribution in [0.25, 0.3) is 0 Å². The molecule has 0 saturated carbocycles. The molecule has 0 fully saturated rings. The molecule has 7 nitrogen and oxygen atoms in total. The van der Waals surface area contributed by atoms with Crippen molar-refractivity contribution in [2.45, 2.75) is 66.8 Å². The van der Waals surface area contributed by atoms with E-state index in [0.717, 1.165) is 12.8 Å². The maximum absolute atomic E-state index is 12.8. The van der Waals surface area contributed by atoms with E-state index in [1.165, 1.54) is 11.1 Å². The monoisotopic (exact) mass is 426 g/mol. The number of hydrogen-bond donors (Lipinski definition) is 3. The van der Waals surface area contributed by atoms with E-state index < -0.39 is 17.9 Å². The van der Waals surface area contributed by atoms with Gasteiger partial charge in [-0.1, -0.05) is 50.6 Å². The number of nitrogens with one attached hydrogen (secondary N) is 2. The van der Waals surface area contributed by atoms with Gasteiger partial charge < -0.3 is 15.7 Å². The van der Waals surface area contributed by atoms with Crippen LogP contribution in [0.2, 0.25) is 0 Å². The van der Waals surface area contributed by atoms with Crippen molar-refractivity contribution in [2.24, 2.45) is 5.41 Å². The Labute approximate surface area is 184 Å². The molecule has 0 saturated heterocycles. The molecule has 3 N–H and O–H groups in total. The highest BCUT2D eigenvalue weighted by molar-refractivity contribution is 5.98. The molecule has 1 aromatic carbocycles. The fraction of sp³-hybridized carbons (Fsp3) is 0.500. The number of rotatable bonds is 9. The first-order valence-corrected chi connectivity index (χ1v) is 10.6. The molecule has 31 heavy (non-hydrogen) atoms. The van der Waals surface area contributed by atoms with E-state index in [1.807, 2.05) is 20.8 Å². The SMILES string of the molecule is Cc1cccc(CCCNc2nc(C)c(C(=O)N[C@@H](CC(C)(C)C)C(=O)O)c(C)n2)c1. The predicted octanol–water partition coefficient (Wildman–Crippen LogP) is 4.07. The second kappa shape index (κ2) is 10.4. The largest absolute Gasteiger partial charge is 0.480 e. The molecule has 0 aliphatic carbocycles. The first-order chi connectivity index (χ1) is 14.5. The van der Waals surface area contributed by atoms with Crippen LogP contribution in [0.15, 0.2) is 24.3 Å². The summed E-state index contributed by atoms with van der Waals surface area (Å²) in [5, 5.41) is 15.3. The molecule has 0 unspecified atom stereocenters. The Hall–Kier alpha value is -2.96. The van der Waals surface area contributed by atoms with Crippen LogP contribution >= 0.6 is 0 Å². The van der Waals surface area contributed by atoms with Gasteiger partial charge in [-0.2, -0.15) is 0 Å². The van der Waals surface area contributed by atoms with Gasteiger partial charge in [0.25, 0.3) is 5.91 Å². The van der Waals surface area contributed by atoms with Gasteiger partial charge in [-0.25, -0.2) is 14.8 Å². The Morgan fingerprint density at radius 1 is 1.10 bits per heavy atom. The number of nitrogens with zero attached hydrogens (tertiary/aromatic N) is 2. The summed E-state index contributed by atoms with van der Waals surface area (Å²) in [6, 6.07) is 7.48. The zero-order valence-corrected chi connectivity index (χ0v) is 19.4. The number of hydrogen-bond acceptors (Lipinski definition) is 5. The van der Waals surface area contributed by atoms with Gasteiger partial charge in [0, 0.05) is 6.54 Å². The second-order valence-corrected chi connectivity index (χ2v) is 9.24. The normalized spacial score (nSPS) is 12.3. The summed E-state index contributed by atoms with van der Waals surface area (Å²) in [6.07, 6.45) is 2.21.